The molecule has 0 amide bonds. The number of carbonyl (C=O) groups is 1. The molecule has 54 valence electrons. The zero-order valence-corrected chi connectivity index (χ0v) is 5.60. The topological polar surface area (TPSA) is 37.3 Å². The molecule has 0 aliphatic heterocycles. The van der Waals surface area contributed by atoms with Crippen molar-refractivity contribution in [2.75, 3.05) is 0 Å². The minimum Gasteiger partial charge on any atom is -0.479 e. The van der Waals surface area contributed by atoms with E-state index in [1.54, 1.807) is 13.8 Å². The summed E-state index contributed by atoms with van der Waals surface area (Å²) in [7, 11) is 0. The quantitative estimate of drug-likeness (QED) is 0.634. The van der Waals surface area contributed by atoms with Crippen molar-refractivity contribution in [3.8, 4) is 0 Å². The van der Waals surface area contributed by atoms with Crippen LogP contribution in [0.2, 0.25) is 0 Å². The summed E-state index contributed by atoms with van der Waals surface area (Å²) >= 11 is 0. The first-order chi connectivity index (χ1) is 4.09. The third-order valence-corrected chi connectivity index (χ3v) is 1.38. The predicted octanol–water partition coefficient (Wildman–Crippen LogP) is 1.46. The summed E-state index contributed by atoms with van der Waals surface area (Å²) in [6.07, 6.45) is -1.14. The number of alkyl halides is 1. The molecule has 9 heavy (non-hydrogen) atoms. The normalized spacial score (nSPS) is 16.8. The summed E-state index contributed by atoms with van der Waals surface area (Å²) < 4.78 is 12.3. The molecule has 1 N–H and O–H groups in total. The van der Waals surface area contributed by atoms with E-state index in [0.29, 0.717) is 6.42 Å². The molecular formula is C6H11FO2. The number of rotatable bonds is 3. The molecule has 0 aromatic heterocycles. The number of carboxylic acids is 1. The van der Waals surface area contributed by atoms with Crippen molar-refractivity contribution in [3.05, 3.63) is 0 Å². The number of hydrogen-bond acceptors (Lipinski definition) is 1. The van der Waals surface area contributed by atoms with E-state index >= 15 is 0 Å². The van der Waals surface area contributed by atoms with E-state index in [-0.39, 0.29) is 5.92 Å². The summed E-state index contributed by atoms with van der Waals surface area (Å²) in [6.45, 7) is 3.35. The van der Waals surface area contributed by atoms with E-state index in [1.165, 1.54) is 0 Å². The van der Waals surface area contributed by atoms with Crippen molar-refractivity contribution in [2.24, 2.45) is 5.92 Å². The second kappa shape index (κ2) is 3.43. The highest BCUT2D eigenvalue weighted by Gasteiger charge is 2.21. The van der Waals surface area contributed by atoms with E-state index in [0.717, 1.165) is 0 Å². The van der Waals surface area contributed by atoms with Gasteiger partial charge < -0.3 is 5.11 Å². The van der Waals surface area contributed by atoms with Crippen molar-refractivity contribution in [2.45, 2.75) is 26.4 Å². The summed E-state index contributed by atoms with van der Waals surface area (Å²) in [6, 6.07) is 0. The van der Waals surface area contributed by atoms with Crippen LogP contribution in [0.1, 0.15) is 20.3 Å². The highest BCUT2D eigenvalue weighted by molar-refractivity contribution is 5.72. The molecule has 0 bridgehead atoms. The Bertz CT molecular complexity index is 103. The molecular weight excluding hydrogens is 123 g/mol. The maximum Gasteiger partial charge on any atom is 0.338 e. The lowest BCUT2D eigenvalue weighted by Crippen LogP contribution is -2.22. The van der Waals surface area contributed by atoms with Crippen molar-refractivity contribution in [1.29, 1.82) is 0 Å². The lowest BCUT2D eigenvalue weighted by atomic mass is 10.0. The Labute approximate surface area is 53.7 Å². The number of carboxylic acid groups (broad SMARTS) is 1. The molecule has 0 fully saturated rings. The summed E-state index contributed by atoms with van der Waals surface area (Å²) in [5.41, 5.74) is 0. The molecule has 0 aromatic carbocycles. The lowest BCUT2D eigenvalue weighted by molar-refractivity contribution is -0.144. The fraction of sp³-hybridized carbons (Fsp3) is 0.833. The van der Waals surface area contributed by atoms with Gasteiger partial charge in [-0.2, -0.15) is 0 Å². The van der Waals surface area contributed by atoms with Crippen LogP contribution in [0.4, 0.5) is 4.39 Å². The molecule has 0 rings (SSSR count). The van der Waals surface area contributed by atoms with Crippen LogP contribution in [-0.2, 0) is 4.79 Å². The van der Waals surface area contributed by atoms with Gasteiger partial charge in [-0.25, -0.2) is 9.18 Å². The second-order valence-electron chi connectivity index (χ2n) is 2.13. The molecule has 0 radical (unpaired) electrons. The molecule has 2 nitrogen and oxygen atoms in total. The largest absolute Gasteiger partial charge is 0.479 e. The Morgan fingerprint density at radius 3 is 2.33 bits per heavy atom. The molecule has 0 saturated carbocycles. The average Bonchev–Trinajstić information content (AvgIpc) is 1.84. The van der Waals surface area contributed by atoms with E-state index in [9.17, 15) is 9.18 Å². The molecule has 0 aromatic rings. The predicted molar refractivity (Wildman–Crippen MR) is 32.0 cm³/mol. The van der Waals surface area contributed by atoms with Crippen LogP contribution in [0.3, 0.4) is 0 Å². The molecule has 0 heterocycles. The molecule has 2 atom stereocenters. The minimum absolute atomic E-state index is 0.373. The fourth-order valence-electron chi connectivity index (χ4n) is 0.450. The van der Waals surface area contributed by atoms with E-state index in [1.807, 2.05) is 0 Å². The third kappa shape index (κ3) is 2.44. The first-order valence-electron chi connectivity index (χ1n) is 2.96. The molecule has 0 unspecified atom stereocenters. The Morgan fingerprint density at radius 1 is 1.78 bits per heavy atom. The Morgan fingerprint density at radius 2 is 2.22 bits per heavy atom. The first-order valence-corrected chi connectivity index (χ1v) is 2.96. The fourth-order valence-corrected chi connectivity index (χ4v) is 0.450. The van der Waals surface area contributed by atoms with Gasteiger partial charge in [0.2, 0.25) is 0 Å². The van der Waals surface area contributed by atoms with E-state index < -0.39 is 12.1 Å². The van der Waals surface area contributed by atoms with Gasteiger partial charge in [-0.3, -0.25) is 0 Å². The zero-order chi connectivity index (χ0) is 7.44. The number of hydrogen-bond donors (Lipinski definition) is 1. The number of aliphatic carboxylic acids is 1. The standard InChI is InChI=1S/C6H11FO2/c1-3-4(2)5(7)6(8)9/h4-5H,3H2,1-2H3,(H,8,9)/t4-,5+/m1/s1. The van der Waals surface area contributed by atoms with Gasteiger partial charge in [-0.1, -0.05) is 20.3 Å². The lowest BCUT2D eigenvalue weighted by Gasteiger charge is -2.08. The Balaban J connectivity index is 3.72. The van der Waals surface area contributed by atoms with Gasteiger partial charge in [-0.05, 0) is 5.92 Å². The van der Waals surface area contributed by atoms with Crippen LogP contribution in [0, 0.1) is 5.92 Å². The molecule has 0 aliphatic rings. The van der Waals surface area contributed by atoms with E-state index in [2.05, 4.69) is 0 Å². The highest BCUT2D eigenvalue weighted by Crippen LogP contribution is 2.10. The maximum absolute atomic E-state index is 12.3. The minimum atomic E-state index is -1.70. The zero-order valence-electron chi connectivity index (χ0n) is 5.60. The molecule has 0 saturated heterocycles. The van der Waals surface area contributed by atoms with Crippen LogP contribution in [-0.4, -0.2) is 17.2 Å². The van der Waals surface area contributed by atoms with Crippen LogP contribution in [0.15, 0.2) is 0 Å². The molecule has 0 spiro atoms. The first kappa shape index (κ1) is 8.40. The summed E-state index contributed by atoms with van der Waals surface area (Å²) in [5, 5.41) is 8.11. The van der Waals surface area contributed by atoms with Crippen LogP contribution in [0.5, 0.6) is 0 Å². The highest BCUT2D eigenvalue weighted by atomic mass is 19.1. The van der Waals surface area contributed by atoms with Crippen LogP contribution < -0.4 is 0 Å². The Kier molecular flexibility index (Phi) is 3.20. The van der Waals surface area contributed by atoms with Gasteiger partial charge in [0, 0.05) is 0 Å². The van der Waals surface area contributed by atoms with Crippen LogP contribution >= 0.6 is 0 Å². The Hall–Kier alpha value is -0.600. The molecule has 3 heteroatoms. The van der Waals surface area contributed by atoms with Crippen molar-refractivity contribution < 1.29 is 14.3 Å². The van der Waals surface area contributed by atoms with Crippen molar-refractivity contribution in [3.63, 3.8) is 0 Å². The van der Waals surface area contributed by atoms with Gasteiger partial charge in [0.15, 0.2) is 6.17 Å². The maximum atomic E-state index is 12.3. The van der Waals surface area contributed by atoms with Crippen molar-refractivity contribution in [1.82, 2.24) is 0 Å². The number of halogens is 1. The van der Waals surface area contributed by atoms with Gasteiger partial charge in [0.05, 0.1) is 0 Å². The van der Waals surface area contributed by atoms with Gasteiger partial charge >= 0.3 is 5.97 Å². The second-order valence-corrected chi connectivity index (χ2v) is 2.13. The van der Waals surface area contributed by atoms with Gasteiger partial charge in [0.25, 0.3) is 0 Å². The van der Waals surface area contributed by atoms with Crippen LogP contribution in [0.25, 0.3) is 0 Å². The molecule has 0 aliphatic carbocycles. The average molecular weight is 134 g/mol. The van der Waals surface area contributed by atoms with Gasteiger partial charge in [-0.15, -0.1) is 0 Å². The summed E-state index contributed by atoms with van der Waals surface area (Å²) in [4.78, 5) is 9.92. The monoisotopic (exact) mass is 134 g/mol. The SMILES string of the molecule is CC[C@@H](C)[C@H](F)C(=O)O. The third-order valence-electron chi connectivity index (χ3n) is 1.38. The smallest absolute Gasteiger partial charge is 0.338 e. The van der Waals surface area contributed by atoms with E-state index in [4.69, 9.17) is 5.11 Å². The van der Waals surface area contributed by atoms with Crippen molar-refractivity contribution >= 4 is 5.97 Å². The summed E-state index contributed by atoms with van der Waals surface area (Å²) in [5.74, 6) is -1.73. The van der Waals surface area contributed by atoms with Gasteiger partial charge in [0.1, 0.15) is 0 Å².